The van der Waals surface area contributed by atoms with Crippen LogP contribution in [0.25, 0.3) is 6.08 Å². The molecule has 0 saturated carbocycles. The molecule has 7 heteroatoms. The fourth-order valence-corrected chi connectivity index (χ4v) is 1.90. The van der Waals surface area contributed by atoms with Gasteiger partial charge in [0.2, 0.25) is 0 Å². The van der Waals surface area contributed by atoms with Crippen LogP contribution in [-0.2, 0) is 0 Å². The van der Waals surface area contributed by atoms with Gasteiger partial charge >= 0.3 is 6.61 Å². The van der Waals surface area contributed by atoms with E-state index in [0.29, 0.717) is 5.56 Å². The van der Waals surface area contributed by atoms with E-state index >= 15 is 0 Å². The fourth-order valence-electron chi connectivity index (χ4n) is 1.90. The first-order valence-corrected chi connectivity index (χ1v) is 6.71. The lowest BCUT2D eigenvalue weighted by Gasteiger charge is -2.10. The molecule has 0 radical (unpaired) electrons. The molecule has 2 aromatic rings. The normalized spacial score (nSPS) is 11.1. The molecule has 0 aliphatic rings. The summed E-state index contributed by atoms with van der Waals surface area (Å²) in [7, 11) is 1.25. The van der Waals surface area contributed by atoms with Gasteiger partial charge in [-0.25, -0.2) is 8.78 Å². The Morgan fingerprint density at radius 3 is 2.42 bits per heavy atom. The van der Waals surface area contributed by atoms with Gasteiger partial charge in [0.25, 0.3) is 0 Å². The molecule has 0 N–H and O–H groups in total. The molecule has 2 aromatic carbocycles. The van der Waals surface area contributed by atoms with Gasteiger partial charge in [0.15, 0.2) is 28.9 Å². The minimum atomic E-state index is -3.02. The maximum atomic E-state index is 13.1. The second-order valence-electron chi connectivity index (χ2n) is 4.62. The zero-order chi connectivity index (χ0) is 17.7. The molecule has 0 aromatic heterocycles. The molecule has 0 unspecified atom stereocenters. The second kappa shape index (κ2) is 7.63. The molecule has 0 bridgehead atoms. The quantitative estimate of drug-likeness (QED) is 0.442. The number of allylic oxidation sites excluding steroid dienone is 1. The number of benzene rings is 2. The van der Waals surface area contributed by atoms with E-state index in [0.717, 1.165) is 18.2 Å². The van der Waals surface area contributed by atoms with E-state index < -0.39 is 24.0 Å². The van der Waals surface area contributed by atoms with Gasteiger partial charge in [-0.2, -0.15) is 8.78 Å². The second-order valence-corrected chi connectivity index (χ2v) is 4.62. The summed E-state index contributed by atoms with van der Waals surface area (Å²) in [6.45, 7) is -3.02. The van der Waals surface area contributed by atoms with Crippen LogP contribution in [0.15, 0.2) is 42.5 Å². The summed E-state index contributed by atoms with van der Waals surface area (Å²) >= 11 is 0. The molecule has 0 saturated heterocycles. The highest BCUT2D eigenvalue weighted by Crippen LogP contribution is 2.29. The van der Waals surface area contributed by atoms with E-state index in [1.807, 2.05) is 0 Å². The zero-order valence-electron chi connectivity index (χ0n) is 12.4. The van der Waals surface area contributed by atoms with Crippen molar-refractivity contribution in [2.75, 3.05) is 7.11 Å². The molecule has 3 nitrogen and oxygen atoms in total. The molecule has 0 heterocycles. The van der Waals surface area contributed by atoms with Crippen molar-refractivity contribution >= 4 is 11.9 Å². The van der Waals surface area contributed by atoms with Crippen LogP contribution in [0.5, 0.6) is 11.5 Å². The Morgan fingerprint density at radius 2 is 1.79 bits per heavy atom. The summed E-state index contributed by atoms with van der Waals surface area (Å²) in [4.78, 5) is 12.1. The highest BCUT2D eigenvalue weighted by Gasteiger charge is 2.13. The van der Waals surface area contributed by atoms with Crippen LogP contribution in [0.1, 0.15) is 15.9 Å². The Kier molecular flexibility index (Phi) is 5.57. The van der Waals surface area contributed by atoms with E-state index in [1.54, 1.807) is 0 Å². The van der Waals surface area contributed by atoms with Crippen molar-refractivity contribution in [3.8, 4) is 11.5 Å². The predicted octanol–water partition coefficient (Wildman–Crippen LogP) is 4.47. The van der Waals surface area contributed by atoms with Gasteiger partial charge in [-0.3, -0.25) is 4.79 Å². The average Bonchev–Trinajstić information content (AvgIpc) is 2.55. The van der Waals surface area contributed by atoms with Gasteiger partial charge in [-0.15, -0.1) is 0 Å². The lowest BCUT2D eigenvalue weighted by molar-refractivity contribution is -0.0512. The van der Waals surface area contributed by atoms with Gasteiger partial charge < -0.3 is 9.47 Å². The number of methoxy groups -OCH3 is 1. The lowest BCUT2D eigenvalue weighted by atomic mass is 10.1. The van der Waals surface area contributed by atoms with Crippen molar-refractivity contribution in [1.82, 2.24) is 0 Å². The van der Waals surface area contributed by atoms with Gasteiger partial charge in [0, 0.05) is 5.56 Å². The first-order chi connectivity index (χ1) is 11.4. The van der Waals surface area contributed by atoms with Crippen LogP contribution >= 0.6 is 0 Å². The molecular weight excluding hydrogens is 328 g/mol. The molecule has 0 aliphatic carbocycles. The number of alkyl halides is 2. The third-order valence-electron chi connectivity index (χ3n) is 3.04. The monoisotopic (exact) mass is 340 g/mol. The molecule has 24 heavy (non-hydrogen) atoms. The molecule has 0 aliphatic heterocycles. The Labute approximate surface area is 135 Å². The van der Waals surface area contributed by atoms with Gasteiger partial charge in [-0.1, -0.05) is 12.1 Å². The van der Waals surface area contributed by atoms with Crippen molar-refractivity contribution in [1.29, 1.82) is 0 Å². The van der Waals surface area contributed by atoms with Crippen LogP contribution in [-0.4, -0.2) is 19.5 Å². The molecule has 0 atom stereocenters. The van der Waals surface area contributed by atoms with Crippen molar-refractivity contribution in [3.05, 3.63) is 65.2 Å². The van der Waals surface area contributed by atoms with Gasteiger partial charge in [0.05, 0.1) is 7.11 Å². The number of halogens is 4. The SMILES string of the molecule is COc1cc(C(=O)/C=C/c2ccc(F)c(F)c2)ccc1OC(F)F. The number of hydrogen-bond acceptors (Lipinski definition) is 3. The lowest BCUT2D eigenvalue weighted by Crippen LogP contribution is -2.04. The Bertz CT molecular complexity index is 772. The van der Waals surface area contributed by atoms with Crippen molar-refractivity contribution in [2.24, 2.45) is 0 Å². The number of ether oxygens (including phenoxy) is 2. The van der Waals surface area contributed by atoms with E-state index in [2.05, 4.69) is 4.74 Å². The van der Waals surface area contributed by atoms with Crippen LogP contribution in [0.4, 0.5) is 17.6 Å². The summed E-state index contributed by atoms with van der Waals surface area (Å²) in [6, 6.07) is 6.91. The average molecular weight is 340 g/mol. The number of carbonyl (C=O) groups is 1. The predicted molar refractivity (Wildman–Crippen MR) is 79.3 cm³/mol. The summed E-state index contributed by atoms with van der Waals surface area (Å²) in [5.74, 6) is -2.71. The topological polar surface area (TPSA) is 35.5 Å². The number of ketones is 1. The van der Waals surface area contributed by atoms with Crippen LogP contribution < -0.4 is 9.47 Å². The number of rotatable bonds is 6. The molecule has 0 amide bonds. The molecule has 0 fully saturated rings. The first-order valence-electron chi connectivity index (χ1n) is 6.71. The van der Waals surface area contributed by atoms with E-state index in [1.165, 1.54) is 37.5 Å². The standard InChI is InChI=1S/C17H12F4O3/c1-23-16-9-11(4-7-15(16)24-17(20)21)14(22)6-3-10-2-5-12(18)13(19)8-10/h2-9,17H,1H3/b6-3+. The molecule has 126 valence electrons. The van der Waals surface area contributed by atoms with Crippen molar-refractivity contribution in [2.45, 2.75) is 6.61 Å². The first kappa shape index (κ1) is 17.5. The largest absolute Gasteiger partial charge is 0.493 e. The molecule has 2 rings (SSSR count). The van der Waals surface area contributed by atoms with Crippen molar-refractivity contribution < 1.29 is 31.8 Å². The molecule has 0 spiro atoms. The number of hydrogen-bond donors (Lipinski definition) is 0. The summed E-state index contributed by atoms with van der Waals surface area (Å²) in [6.07, 6.45) is 2.45. The minimum Gasteiger partial charge on any atom is -0.493 e. The zero-order valence-corrected chi connectivity index (χ0v) is 12.4. The maximum Gasteiger partial charge on any atom is 0.387 e. The van der Waals surface area contributed by atoms with E-state index in [9.17, 15) is 22.4 Å². The summed E-state index contributed by atoms with van der Waals surface area (Å²) < 4.78 is 59.6. The maximum absolute atomic E-state index is 13.1. The summed E-state index contributed by atoms with van der Waals surface area (Å²) in [5.41, 5.74) is 0.458. The van der Waals surface area contributed by atoms with Gasteiger partial charge in [-0.05, 0) is 42.0 Å². The highest BCUT2D eigenvalue weighted by atomic mass is 19.3. The Balaban J connectivity index is 2.19. The van der Waals surface area contributed by atoms with E-state index in [-0.39, 0.29) is 17.1 Å². The van der Waals surface area contributed by atoms with Crippen LogP contribution in [0, 0.1) is 11.6 Å². The molecular formula is C17H12F4O3. The Morgan fingerprint density at radius 1 is 1.04 bits per heavy atom. The third-order valence-corrected chi connectivity index (χ3v) is 3.04. The summed E-state index contributed by atoms with van der Waals surface area (Å²) in [5, 5.41) is 0. The number of carbonyl (C=O) groups excluding carboxylic acids is 1. The van der Waals surface area contributed by atoms with Gasteiger partial charge in [0.1, 0.15) is 0 Å². The third kappa shape index (κ3) is 4.34. The smallest absolute Gasteiger partial charge is 0.387 e. The minimum absolute atomic E-state index is 0.0256. The van der Waals surface area contributed by atoms with E-state index in [4.69, 9.17) is 4.74 Å². The fraction of sp³-hybridized carbons (Fsp3) is 0.118. The van der Waals surface area contributed by atoms with Crippen LogP contribution in [0.2, 0.25) is 0 Å². The highest BCUT2D eigenvalue weighted by molar-refractivity contribution is 6.07. The Hall–Kier alpha value is -2.83. The van der Waals surface area contributed by atoms with Crippen molar-refractivity contribution in [3.63, 3.8) is 0 Å². The van der Waals surface area contributed by atoms with Crippen LogP contribution in [0.3, 0.4) is 0 Å².